The lowest BCUT2D eigenvalue weighted by Crippen LogP contribution is -2.06. The van der Waals surface area contributed by atoms with E-state index in [1.54, 1.807) is 43.5 Å². The van der Waals surface area contributed by atoms with Crippen molar-refractivity contribution < 1.29 is 14.2 Å². The molecule has 0 aliphatic heterocycles. The quantitative estimate of drug-likeness (QED) is 0.131. The number of nitrogens with one attached hydrogen (secondary N) is 2. The number of nitriles is 1. The lowest BCUT2D eigenvalue weighted by Gasteiger charge is -2.15. The number of hydrogen-bond donors (Lipinski definition) is 2. The van der Waals surface area contributed by atoms with E-state index in [1.807, 2.05) is 0 Å². The summed E-state index contributed by atoms with van der Waals surface area (Å²) in [6.07, 6.45) is 2.51. The van der Waals surface area contributed by atoms with Crippen molar-refractivity contribution in [3.8, 4) is 23.3 Å². The summed E-state index contributed by atoms with van der Waals surface area (Å²) in [5.41, 5.74) is 2.38. The Morgan fingerprint density at radius 1 is 1.28 bits per heavy atom. The number of methoxy groups -OCH3 is 1. The summed E-state index contributed by atoms with van der Waals surface area (Å²) < 4.78 is 16.7. The van der Waals surface area contributed by atoms with Gasteiger partial charge < -0.3 is 19.5 Å². The lowest BCUT2D eigenvalue weighted by atomic mass is 10.1. The van der Waals surface area contributed by atoms with E-state index < -0.39 is 0 Å². The Hall–Kier alpha value is -3.41. The molecule has 0 spiro atoms. The standard InChI is InChI=1S/C23H21ClN4O3S/c1-29-20-11-18-19(12-21(20)30-9-2-8-24)27-14-15(13-25)23(18)28-16-3-5-17(6-4-16)31-22(26)7-10-32/h3-6,10-12,14,26H,2,7-9H2,1H3,(H,27,28). The van der Waals surface area contributed by atoms with Crippen molar-refractivity contribution in [1.82, 2.24) is 4.98 Å². The van der Waals surface area contributed by atoms with E-state index in [4.69, 9.17) is 43.4 Å². The Balaban J connectivity index is 1.93. The van der Waals surface area contributed by atoms with Gasteiger partial charge in [0.15, 0.2) is 17.4 Å². The first-order chi connectivity index (χ1) is 15.6. The maximum Gasteiger partial charge on any atom is 0.192 e. The molecule has 164 valence electrons. The van der Waals surface area contributed by atoms with E-state index in [1.165, 1.54) is 11.6 Å². The zero-order chi connectivity index (χ0) is 22.9. The number of fused-ring (bicyclic) bond motifs is 1. The minimum atomic E-state index is 0.0729. The number of halogens is 1. The highest BCUT2D eigenvalue weighted by molar-refractivity contribution is 7.79. The highest BCUT2D eigenvalue weighted by atomic mass is 35.5. The summed E-state index contributed by atoms with van der Waals surface area (Å²) in [4.78, 5) is 4.40. The van der Waals surface area contributed by atoms with E-state index in [2.05, 4.69) is 16.4 Å². The maximum absolute atomic E-state index is 9.62. The maximum atomic E-state index is 9.62. The molecule has 32 heavy (non-hydrogen) atoms. The second-order valence-electron chi connectivity index (χ2n) is 6.62. The fraction of sp³-hybridized carbons (Fsp3) is 0.217. The van der Waals surface area contributed by atoms with Crippen LogP contribution in [-0.2, 0) is 0 Å². The van der Waals surface area contributed by atoms with Crippen LogP contribution in [0.25, 0.3) is 10.9 Å². The minimum Gasteiger partial charge on any atom is -0.493 e. The molecule has 0 aliphatic rings. The number of ether oxygens (including phenoxy) is 3. The highest BCUT2D eigenvalue weighted by Gasteiger charge is 2.15. The Morgan fingerprint density at radius 2 is 2.06 bits per heavy atom. The van der Waals surface area contributed by atoms with E-state index in [-0.39, 0.29) is 12.3 Å². The van der Waals surface area contributed by atoms with E-state index >= 15 is 0 Å². The average molecular weight is 469 g/mol. The Kier molecular flexibility index (Phi) is 8.20. The number of pyridine rings is 1. The molecule has 3 aromatic rings. The third-order valence-corrected chi connectivity index (χ3v) is 4.88. The second kappa shape index (κ2) is 11.3. The van der Waals surface area contributed by atoms with E-state index in [0.717, 1.165) is 5.69 Å². The van der Waals surface area contributed by atoms with Crippen molar-refractivity contribution >= 4 is 57.4 Å². The van der Waals surface area contributed by atoms with Gasteiger partial charge in [-0.2, -0.15) is 5.26 Å². The third-order valence-electron chi connectivity index (χ3n) is 4.44. The van der Waals surface area contributed by atoms with Gasteiger partial charge in [-0.15, -0.1) is 11.6 Å². The molecule has 0 bridgehead atoms. The molecule has 1 heterocycles. The molecule has 0 aliphatic carbocycles. The van der Waals surface area contributed by atoms with Crippen LogP contribution in [0.2, 0.25) is 0 Å². The van der Waals surface area contributed by atoms with Crippen LogP contribution in [0, 0.1) is 16.7 Å². The topological polar surface area (TPSA) is 100 Å². The summed E-state index contributed by atoms with van der Waals surface area (Å²) >= 11 is 10.5. The molecule has 0 unspecified atom stereocenters. The molecule has 0 amide bonds. The molecular weight excluding hydrogens is 448 g/mol. The van der Waals surface area contributed by atoms with Crippen molar-refractivity contribution in [2.24, 2.45) is 0 Å². The van der Waals surface area contributed by atoms with Gasteiger partial charge in [0.05, 0.1) is 36.9 Å². The number of rotatable bonds is 10. The molecule has 1 aromatic heterocycles. The Labute approximate surface area is 196 Å². The summed E-state index contributed by atoms with van der Waals surface area (Å²) in [6, 6.07) is 12.8. The average Bonchev–Trinajstić information content (AvgIpc) is 2.80. The van der Waals surface area contributed by atoms with Crippen LogP contribution in [-0.4, -0.2) is 35.8 Å². The first kappa shape index (κ1) is 23.3. The number of alkyl halides is 1. The van der Waals surface area contributed by atoms with Gasteiger partial charge in [0, 0.05) is 29.2 Å². The van der Waals surface area contributed by atoms with Gasteiger partial charge in [-0.1, -0.05) is 12.2 Å². The molecule has 3 rings (SSSR count). The fourth-order valence-corrected chi connectivity index (χ4v) is 3.20. The predicted molar refractivity (Wildman–Crippen MR) is 130 cm³/mol. The zero-order valence-corrected chi connectivity index (χ0v) is 18.9. The number of thiocarbonyl (C=S) groups is 1. The number of benzene rings is 2. The Bertz CT molecular complexity index is 1160. The van der Waals surface area contributed by atoms with Crippen LogP contribution in [0.3, 0.4) is 0 Å². The van der Waals surface area contributed by atoms with Gasteiger partial charge >= 0.3 is 0 Å². The predicted octanol–water partition coefficient (Wildman–Crippen LogP) is 5.61. The van der Waals surface area contributed by atoms with Gasteiger partial charge in [0.1, 0.15) is 11.8 Å². The third kappa shape index (κ3) is 5.63. The first-order valence-electron chi connectivity index (χ1n) is 9.75. The molecule has 9 heteroatoms. The van der Waals surface area contributed by atoms with Crippen molar-refractivity contribution in [3.63, 3.8) is 0 Å². The second-order valence-corrected chi connectivity index (χ2v) is 7.33. The molecule has 0 atom stereocenters. The van der Waals surface area contributed by atoms with Gasteiger partial charge in [-0.3, -0.25) is 10.4 Å². The molecule has 2 N–H and O–H groups in total. The number of hydrogen-bond acceptors (Lipinski definition) is 8. The van der Waals surface area contributed by atoms with Gasteiger partial charge in [-0.05, 0) is 42.1 Å². The smallest absolute Gasteiger partial charge is 0.192 e. The normalized spacial score (nSPS) is 10.3. The molecule has 0 saturated heterocycles. The molecular formula is C23H21ClN4O3S. The van der Waals surface area contributed by atoms with Crippen LogP contribution in [0.4, 0.5) is 11.4 Å². The van der Waals surface area contributed by atoms with Crippen molar-refractivity contribution in [1.29, 1.82) is 10.7 Å². The SMILES string of the molecule is COc1cc2c(Nc3ccc(OC(=N)CC=S)cc3)c(C#N)cnc2cc1OCCCCl. The summed E-state index contributed by atoms with van der Waals surface area (Å²) in [7, 11) is 1.56. The largest absolute Gasteiger partial charge is 0.493 e. The Morgan fingerprint density at radius 3 is 2.72 bits per heavy atom. The highest BCUT2D eigenvalue weighted by Crippen LogP contribution is 2.37. The van der Waals surface area contributed by atoms with Gasteiger partial charge in [0.2, 0.25) is 0 Å². The zero-order valence-electron chi connectivity index (χ0n) is 17.4. The van der Waals surface area contributed by atoms with Crippen LogP contribution in [0.5, 0.6) is 17.2 Å². The first-order valence-corrected chi connectivity index (χ1v) is 10.8. The fourth-order valence-electron chi connectivity index (χ4n) is 2.94. The van der Waals surface area contributed by atoms with Crippen molar-refractivity contribution in [3.05, 3.63) is 48.2 Å². The summed E-state index contributed by atoms with van der Waals surface area (Å²) in [5.74, 6) is 2.20. The molecule has 2 aromatic carbocycles. The van der Waals surface area contributed by atoms with Crippen LogP contribution < -0.4 is 19.5 Å². The van der Waals surface area contributed by atoms with Crippen LogP contribution in [0.1, 0.15) is 18.4 Å². The minimum absolute atomic E-state index is 0.0729. The van der Waals surface area contributed by atoms with Crippen molar-refractivity contribution in [2.75, 3.05) is 24.9 Å². The van der Waals surface area contributed by atoms with E-state index in [0.29, 0.717) is 58.3 Å². The van der Waals surface area contributed by atoms with E-state index in [9.17, 15) is 5.26 Å². The van der Waals surface area contributed by atoms with Crippen molar-refractivity contribution in [2.45, 2.75) is 12.8 Å². The molecule has 0 saturated carbocycles. The van der Waals surface area contributed by atoms with Crippen LogP contribution in [0.15, 0.2) is 42.6 Å². The van der Waals surface area contributed by atoms with Gasteiger partial charge in [0.25, 0.3) is 0 Å². The van der Waals surface area contributed by atoms with Gasteiger partial charge in [-0.25, -0.2) is 0 Å². The molecule has 7 nitrogen and oxygen atoms in total. The lowest BCUT2D eigenvalue weighted by molar-refractivity contribution is 0.295. The monoisotopic (exact) mass is 468 g/mol. The number of aromatic nitrogens is 1. The van der Waals surface area contributed by atoms with Crippen LogP contribution >= 0.6 is 23.8 Å². The number of anilines is 2. The summed E-state index contributed by atoms with van der Waals surface area (Å²) in [6.45, 7) is 0.461. The molecule has 0 fully saturated rings. The number of nitrogens with zero attached hydrogens (tertiary/aromatic N) is 2. The molecule has 0 radical (unpaired) electrons. The summed E-state index contributed by atoms with van der Waals surface area (Å²) in [5, 5.41) is 22.8.